The van der Waals surface area contributed by atoms with E-state index >= 15 is 0 Å². The molecule has 186 valence electrons. The van der Waals surface area contributed by atoms with Gasteiger partial charge in [-0.15, -0.1) is 0 Å². The fourth-order valence-corrected chi connectivity index (χ4v) is 5.52. The summed E-state index contributed by atoms with van der Waals surface area (Å²) < 4.78 is 30.4. The summed E-state index contributed by atoms with van der Waals surface area (Å²) in [5.41, 5.74) is 5.58. The van der Waals surface area contributed by atoms with Crippen LogP contribution >= 0.6 is 0 Å². The molecular formula is C30H31F2N3O. The first-order chi connectivity index (χ1) is 17.2. The van der Waals surface area contributed by atoms with Gasteiger partial charge in [0.15, 0.2) is 0 Å². The van der Waals surface area contributed by atoms with Crippen molar-refractivity contribution in [2.24, 2.45) is 0 Å². The Labute approximate surface area is 210 Å². The SMILES string of the molecule is Cc1ccc(-c2ccccc2F)c(C(=O)N2CCCC2(C)c2nc3cc(C)c(C)cc3n2CCF)c1. The van der Waals surface area contributed by atoms with Crippen LogP contribution in [-0.4, -0.2) is 33.6 Å². The zero-order chi connectivity index (χ0) is 25.6. The number of carbonyl (C=O) groups is 1. The Morgan fingerprint density at radius 3 is 2.53 bits per heavy atom. The van der Waals surface area contributed by atoms with Gasteiger partial charge < -0.3 is 9.47 Å². The van der Waals surface area contributed by atoms with Gasteiger partial charge in [0.25, 0.3) is 5.91 Å². The summed E-state index contributed by atoms with van der Waals surface area (Å²) in [5.74, 6) is 0.171. The molecule has 1 fully saturated rings. The molecule has 1 unspecified atom stereocenters. The summed E-state index contributed by atoms with van der Waals surface area (Å²) in [4.78, 5) is 21.0. The predicted molar refractivity (Wildman–Crippen MR) is 139 cm³/mol. The van der Waals surface area contributed by atoms with Crippen LogP contribution in [0.2, 0.25) is 0 Å². The van der Waals surface area contributed by atoms with Gasteiger partial charge >= 0.3 is 0 Å². The zero-order valence-electron chi connectivity index (χ0n) is 21.2. The van der Waals surface area contributed by atoms with E-state index in [1.165, 1.54) is 6.07 Å². The van der Waals surface area contributed by atoms with Crippen molar-refractivity contribution in [2.45, 2.75) is 52.6 Å². The van der Waals surface area contributed by atoms with Crippen molar-refractivity contribution in [3.8, 4) is 11.1 Å². The summed E-state index contributed by atoms with van der Waals surface area (Å²) in [6.07, 6.45) is 1.52. The lowest BCUT2D eigenvalue weighted by molar-refractivity contribution is 0.0598. The van der Waals surface area contributed by atoms with Gasteiger partial charge in [-0.1, -0.05) is 35.9 Å². The molecule has 1 aromatic heterocycles. The van der Waals surface area contributed by atoms with Crippen molar-refractivity contribution in [1.82, 2.24) is 14.5 Å². The molecule has 36 heavy (non-hydrogen) atoms. The van der Waals surface area contributed by atoms with Gasteiger partial charge in [-0.05, 0) is 81.5 Å². The summed E-state index contributed by atoms with van der Waals surface area (Å²) in [6, 6.07) is 16.2. The normalized spacial score (nSPS) is 17.8. The Balaban J connectivity index is 1.65. The number of benzene rings is 3. The minimum atomic E-state index is -0.719. The molecule has 1 amide bonds. The number of hydrogen-bond donors (Lipinski definition) is 0. The smallest absolute Gasteiger partial charge is 0.255 e. The average Bonchev–Trinajstić information content (AvgIpc) is 3.41. The minimum Gasteiger partial charge on any atom is -0.326 e. The molecule has 1 aliphatic heterocycles. The van der Waals surface area contributed by atoms with Gasteiger partial charge in [-0.25, -0.2) is 13.8 Å². The molecule has 0 bridgehead atoms. The zero-order valence-corrected chi connectivity index (χ0v) is 21.2. The maximum absolute atomic E-state index is 14.8. The van der Waals surface area contributed by atoms with Gasteiger partial charge in [-0.3, -0.25) is 4.79 Å². The van der Waals surface area contributed by atoms with Crippen LogP contribution in [0.4, 0.5) is 8.78 Å². The number of halogens is 2. The molecule has 4 nitrogen and oxygen atoms in total. The van der Waals surface area contributed by atoms with E-state index in [9.17, 15) is 13.6 Å². The van der Waals surface area contributed by atoms with Crippen LogP contribution in [0.25, 0.3) is 22.2 Å². The highest BCUT2D eigenvalue weighted by Gasteiger charge is 2.45. The maximum atomic E-state index is 14.8. The van der Waals surface area contributed by atoms with Crippen LogP contribution in [0.3, 0.4) is 0 Å². The number of rotatable bonds is 5. The lowest BCUT2D eigenvalue weighted by Crippen LogP contribution is -2.45. The molecule has 6 heteroatoms. The number of likely N-dealkylation sites (tertiary alicyclic amines) is 1. The van der Waals surface area contributed by atoms with Gasteiger partial charge in [0.05, 0.1) is 23.1 Å². The van der Waals surface area contributed by atoms with E-state index in [4.69, 9.17) is 4.98 Å². The molecule has 4 aromatic rings. The molecule has 5 rings (SSSR count). The Morgan fingerprint density at radius 2 is 1.78 bits per heavy atom. The van der Waals surface area contributed by atoms with Gasteiger partial charge in [0, 0.05) is 17.7 Å². The minimum absolute atomic E-state index is 0.164. The van der Waals surface area contributed by atoms with Crippen LogP contribution in [0.5, 0.6) is 0 Å². The number of aromatic nitrogens is 2. The van der Waals surface area contributed by atoms with E-state index < -0.39 is 12.2 Å². The number of carbonyl (C=O) groups excluding carboxylic acids is 1. The number of fused-ring (bicyclic) bond motifs is 1. The van der Waals surface area contributed by atoms with E-state index in [0.717, 1.165) is 34.1 Å². The monoisotopic (exact) mass is 487 g/mol. The van der Waals surface area contributed by atoms with Crippen LogP contribution in [0.15, 0.2) is 54.6 Å². The highest BCUT2D eigenvalue weighted by atomic mass is 19.1. The summed E-state index contributed by atoms with van der Waals surface area (Å²) in [6.45, 7) is 8.23. The van der Waals surface area contributed by atoms with E-state index in [2.05, 4.69) is 6.07 Å². The van der Waals surface area contributed by atoms with Gasteiger partial charge in [0.1, 0.15) is 18.3 Å². The van der Waals surface area contributed by atoms with E-state index in [0.29, 0.717) is 35.5 Å². The summed E-state index contributed by atoms with van der Waals surface area (Å²) in [7, 11) is 0. The molecule has 0 N–H and O–H groups in total. The lowest BCUT2D eigenvalue weighted by atomic mass is 9.93. The Bertz CT molecular complexity index is 1470. The summed E-state index contributed by atoms with van der Waals surface area (Å²) >= 11 is 0. The number of imidazole rings is 1. The molecule has 0 spiro atoms. The molecular weight excluding hydrogens is 456 g/mol. The number of alkyl halides is 1. The van der Waals surface area contributed by atoms with Crippen LogP contribution < -0.4 is 0 Å². The quantitative estimate of drug-likeness (QED) is 0.307. The summed E-state index contributed by atoms with van der Waals surface area (Å²) in [5, 5.41) is 0. The third kappa shape index (κ3) is 3.89. The van der Waals surface area contributed by atoms with Gasteiger partial charge in [0.2, 0.25) is 0 Å². The van der Waals surface area contributed by atoms with Crippen molar-refractivity contribution < 1.29 is 13.6 Å². The first-order valence-electron chi connectivity index (χ1n) is 12.5. The molecule has 1 saturated heterocycles. The topological polar surface area (TPSA) is 38.1 Å². The van der Waals surface area contributed by atoms with E-state index in [-0.39, 0.29) is 18.3 Å². The van der Waals surface area contributed by atoms with Crippen LogP contribution in [0, 0.1) is 26.6 Å². The number of nitrogens with zero attached hydrogens (tertiary/aromatic N) is 3. The first kappa shape index (κ1) is 24.2. The number of amides is 1. The third-order valence-electron chi connectivity index (χ3n) is 7.61. The highest BCUT2D eigenvalue weighted by molar-refractivity contribution is 6.01. The second-order valence-corrected chi connectivity index (χ2v) is 10.1. The third-order valence-corrected chi connectivity index (χ3v) is 7.61. The number of hydrogen-bond acceptors (Lipinski definition) is 2. The van der Waals surface area contributed by atoms with Gasteiger partial charge in [-0.2, -0.15) is 0 Å². The Hall–Kier alpha value is -3.54. The molecule has 0 aliphatic carbocycles. The average molecular weight is 488 g/mol. The lowest BCUT2D eigenvalue weighted by Gasteiger charge is -2.35. The molecule has 0 radical (unpaired) electrons. The van der Waals surface area contributed by atoms with Crippen molar-refractivity contribution in [1.29, 1.82) is 0 Å². The fraction of sp³-hybridized carbons (Fsp3) is 0.333. The van der Waals surface area contributed by atoms with Crippen LogP contribution in [0.1, 0.15) is 52.6 Å². The number of aryl methyl sites for hydroxylation is 4. The maximum Gasteiger partial charge on any atom is 0.255 e. The van der Waals surface area contributed by atoms with Crippen LogP contribution in [-0.2, 0) is 12.1 Å². The standard InChI is InChI=1S/C30H31F2N3O/c1-19-10-11-22(23-8-5-6-9-25(23)32)24(16-19)28(36)35-14-7-12-30(35,4)29-33-26-17-20(2)21(3)18-27(26)34(29)15-13-31/h5-6,8-11,16-18H,7,12-15H2,1-4H3. The second kappa shape index (κ2) is 9.16. The van der Waals surface area contributed by atoms with Crippen molar-refractivity contribution in [3.63, 3.8) is 0 Å². The highest BCUT2D eigenvalue weighted by Crippen LogP contribution is 2.41. The molecule has 1 atom stereocenters. The molecule has 2 heterocycles. The molecule has 1 aliphatic rings. The largest absolute Gasteiger partial charge is 0.326 e. The second-order valence-electron chi connectivity index (χ2n) is 10.1. The van der Waals surface area contributed by atoms with E-state index in [1.54, 1.807) is 18.2 Å². The van der Waals surface area contributed by atoms with Crippen molar-refractivity contribution in [3.05, 3.63) is 88.5 Å². The van der Waals surface area contributed by atoms with E-state index in [1.807, 2.05) is 61.4 Å². The predicted octanol–water partition coefficient (Wildman–Crippen LogP) is 6.89. The fourth-order valence-electron chi connectivity index (χ4n) is 5.52. The Kier molecular flexibility index (Phi) is 6.15. The Morgan fingerprint density at radius 1 is 1.03 bits per heavy atom. The van der Waals surface area contributed by atoms with Crippen molar-refractivity contribution >= 4 is 16.9 Å². The molecule has 0 saturated carbocycles. The first-order valence-corrected chi connectivity index (χ1v) is 12.5. The molecule has 3 aromatic carbocycles. The van der Waals surface area contributed by atoms with Crippen molar-refractivity contribution in [2.75, 3.05) is 13.2 Å².